The summed E-state index contributed by atoms with van der Waals surface area (Å²) in [5, 5.41) is 22.9. The van der Waals surface area contributed by atoms with Crippen LogP contribution in [0, 0.1) is 22.7 Å². The average Bonchev–Trinajstić information content (AvgIpc) is 2.95. The van der Waals surface area contributed by atoms with Crippen molar-refractivity contribution >= 4 is 28.6 Å². The molecule has 1 aromatic carbocycles. The average molecular weight is 375 g/mol. The molecule has 26 heavy (non-hydrogen) atoms. The first-order valence-corrected chi connectivity index (χ1v) is 8.93. The van der Waals surface area contributed by atoms with E-state index in [0.29, 0.717) is 5.69 Å². The van der Waals surface area contributed by atoms with Crippen LogP contribution in [0.3, 0.4) is 0 Å². The number of hydrogen-bond donors (Lipinski definition) is 2. The van der Waals surface area contributed by atoms with Gasteiger partial charge in [-0.25, -0.2) is 13.6 Å². The maximum atomic E-state index is 14.1. The van der Waals surface area contributed by atoms with Crippen molar-refractivity contribution in [1.82, 2.24) is 5.32 Å². The van der Waals surface area contributed by atoms with Crippen LogP contribution < -0.4 is 10.6 Å². The number of amidine groups is 1. The van der Waals surface area contributed by atoms with Gasteiger partial charge in [-0.1, -0.05) is 11.8 Å². The van der Waals surface area contributed by atoms with Crippen LogP contribution in [-0.2, 0) is 0 Å². The lowest BCUT2D eigenvalue weighted by Crippen LogP contribution is -2.32. The van der Waals surface area contributed by atoms with Gasteiger partial charge in [0.15, 0.2) is 5.17 Å². The van der Waals surface area contributed by atoms with Crippen LogP contribution in [0.2, 0.25) is 0 Å². The molecule has 0 saturated heterocycles. The lowest BCUT2D eigenvalue weighted by Gasteiger charge is -2.15. The molecule has 4 unspecified atom stereocenters. The first kappa shape index (κ1) is 18.2. The standard InChI is InChI=1S/C17H15F2N5OS/c18-11-2-4-13(19)15-14(6-11)26-17(23-15)24-16(25)22-12-3-1-9(7-20)10(5-12)8-21/h1,3,5,11,13-15H,2,4,6H2,(H2,22,23,24,25). The minimum absolute atomic E-state index is 0.133. The highest BCUT2D eigenvalue weighted by molar-refractivity contribution is 8.14. The van der Waals surface area contributed by atoms with E-state index in [2.05, 4.69) is 15.6 Å². The first-order valence-electron chi connectivity index (χ1n) is 8.05. The molecule has 1 aliphatic carbocycles. The molecule has 4 atom stereocenters. The summed E-state index contributed by atoms with van der Waals surface area (Å²) in [5.41, 5.74) is 0.696. The molecule has 3 rings (SSSR count). The monoisotopic (exact) mass is 375 g/mol. The third-order valence-electron chi connectivity index (χ3n) is 4.26. The SMILES string of the molecule is N#Cc1ccc(NC(=O)NC2=NC3C(F)CCC(F)CC3S2)cc1C#N. The van der Waals surface area contributed by atoms with E-state index in [0.717, 1.165) is 0 Å². The molecule has 0 aromatic heterocycles. The number of rotatable bonds is 1. The quantitative estimate of drug-likeness (QED) is 0.787. The van der Waals surface area contributed by atoms with E-state index in [9.17, 15) is 13.6 Å². The van der Waals surface area contributed by atoms with Crippen molar-refractivity contribution in [2.24, 2.45) is 4.99 Å². The summed E-state index contributed by atoms with van der Waals surface area (Å²) < 4.78 is 27.8. The fourth-order valence-corrected chi connectivity index (χ4v) is 4.27. The molecule has 2 amide bonds. The molecule has 1 heterocycles. The summed E-state index contributed by atoms with van der Waals surface area (Å²) in [6.07, 6.45) is -1.72. The van der Waals surface area contributed by atoms with Crippen LogP contribution in [0.5, 0.6) is 0 Å². The molecule has 1 aliphatic heterocycles. The maximum Gasteiger partial charge on any atom is 0.325 e. The number of amides is 2. The van der Waals surface area contributed by atoms with Gasteiger partial charge in [0.2, 0.25) is 0 Å². The molecule has 2 aliphatic rings. The van der Waals surface area contributed by atoms with E-state index in [1.165, 1.54) is 30.0 Å². The van der Waals surface area contributed by atoms with E-state index >= 15 is 0 Å². The molecule has 0 spiro atoms. The number of carbonyl (C=O) groups is 1. The maximum absolute atomic E-state index is 14.1. The van der Waals surface area contributed by atoms with Crippen LogP contribution in [0.25, 0.3) is 0 Å². The highest BCUT2D eigenvalue weighted by Crippen LogP contribution is 2.37. The van der Waals surface area contributed by atoms with Gasteiger partial charge in [0.05, 0.1) is 17.2 Å². The number of aliphatic imine (C=N–C) groups is 1. The number of alkyl halides is 2. The molecule has 1 saturated carbocycles. The Labute approximate surface area is 153 Å². The van der Waals surface area contributed by atoms with Gasteiger partial charge in [-0.2, -0.15) is 10.5 Å². The summed E-state index contributed by atoms with van der Waals surface area (Å²) in [6.45, 7) is 0. The van der Waals surface area contributed by atoms with Crippen LogP contribution in [0.4, 0.5) is 19.3 Å². The highest BCUT2D eigenvalue weighted by Gasteiger charge is 2.40. The van der Waals surface area contributed by atoms with Gasteiger partial charge in [-0.3, -0.25) is 10.3 Å². The minimum Gasteiger partial charge on any atom is -0.308 e. The molecular weight excluding hydrogens is 360 g/mol. The number of hydrogen-bond acceptors (Lipinski definition) is 5. The third-order valence-corrected chi connectivity index (χ3v) is 5.47. The van der Waals surface area contributed by atoms with E-state index in [1.54, 1.807) is 0 Å². The Kier molecular flexibility index (Phi) is 5.38. The van der Waals surface area contributed by atoms with Crippen molar-refractivity contribution in [1.29, 1.82) is 10.5 Å². The Hall–Kier alpha value is -2.65. The van der Waals surface area contributed by atoms with Crippen LogP contribution in [0.15, 0.2) is 23.2 Å². The molecular formula is C17H15F2N5OS. The molecule has 9 heteroatoms. The number of carbonyl (C=O) groups excluding carboxylic acids is 1. The Morgan fingerprint density at radius 3 is 2.69 bits per heavy atom. The molecule has 0 radical (unpaired) electrons. The molecule has 2 N–H and O–H groups in total. The van der Waals surface area contributed by atoms with E-state index in [1.807, 2.05) is 12.1 Å². The van der Waals surface area contributed by atoms with E-state index in [4.69, 9.17) is 10.5 Å². The zero-order valence-electron chi connectivity index (χ0n) is 13.6. The van der Waals surface area contributed by atoms with Crippen molar-refractivity contribution in [3.63, 3.8) is 0 Å². The smallest absolute Gasteiger partial charge is 0.308 e. The second kappa shape index (κ2) is 7.71. The lowest BCUT2D eigenvalue weighted by atomic mass is 10.1. The number of thioether (sulfide) groups is 1. The number of nitrogens with zero attached hydrogens (tertiary/aromatic N) is 3. The fourth-order valence-electron chi connectivity index (χ4n) is 2.98. The molecule has 0 bridgehead atoms. The Morgan fingerprint density at radius 2 is 1.96 bits per heavy atom. The van der Waals surface area contributed by atoms with Crippen molar-refractivity contribution < 1.29 is 13.6 Å². The number of nitriles is 2. The zero-order valence-corrected chi connectivity index (χ0v) is 14.4. The largest absolute Gasteiger partial charge is 0.325 e. The molecule has 134 valence electrons. The lowest BCUT2D eigenvalue weighted by molar-refractivity contribution is 0.255. The fraction of sp³-hybridized carbons (Fsp3) is 0.412. The second-order valence-electron chi connectivity index (χ2n) is 6.07. The van der Waals surface area contributed by atoms with Crippen LogP contribution in [-0.4, -0.2) is 34.8 Å². The van der Waals surface area contributed by atoms with E-state index in [-0.39, 0.29) is 40.8 Å². The van der Waals surface area contributed by atoms with Crippen molar-refractivity contribution in [3.05, 3.63) is 29.3 Å². The normalized spacial score (nSPS) is 27.3. The molecule has 6 nitrogen and oxygen atoms in total. The van der Waals surface area contributed by atoms with Gasteiger partial charge < -0.3 is 5.32 Å². The van der Waals surface area contributed by atoms with Crippen LogP contribution in [0.1, 0.15) is 30.4 Å². The van der Waals surface area contributed by atoms with E-state index < -0.39 is 24.4 Å². The summed E-state index contributed by atoms with van der Waals surface area (Å²) in [7, 11) is 0. The number of urea groups is 1. The van der Waals surface area contributed by atoms with Gasteiger partial charge in [0, 0.05) is 10.9 Å². The number of halogens is 2. The zero-order chi connectivity index (χ0) is 18.7. The minimum atomic E-state index is -1.22. The van der Waals surface area contributed by atoms with Gasteiger partial charge in [0.1, 0.15) is 24.5 Å². The second-order valence-corrected chi connectivity index (χ2v) is 7.30. The predicted molar refractivity (Wildman–Crippen MR) is 94.3 cm³/mol. The third kappa shape index (κ3) is 3.94. The Bertz CT molecular complexity index is 831. The summed E-state index contributed by atoms with van der Waals surface area (Å²) in [6, 6.07) is 6.84. The number of nitrogens with one attached hydrogen (secondary N) is 2. The first-order chi connectivity index (χ1) is 12.5. The summed E-state index contributed by atoms with van der Waals surface area (Å²) >= 11 is 1.17. The number of fused-ring (bicyclic) bond motifs is 1. The van der Waals surface area contributed by atoms with Crippen molar-refractivity contribution in [2.45, 2.75) is 42.9 Å². The molecule has 1 aromatic rings. The number of benzene rings is 1. The predicted octanol–water partition coefficient (Wildman–Crippen LogP) is 3.25. The van der Waals surface area contributed by atoms with Gasteiger partial charge >= 0.3 is 6.03 Å². The van der Waals surface area contributed by atoms with Gasteiger partial charge in [-0.15, -0.1) is 0 Å². The molecule has 1 fully saturated rings. The van der Waals surface area contributed by atoms with Gasteiger partial charge in [-0.05, 0) is 37.5 Å². The topological polar surface area (TPSA) is 101 Å². The van der Waals surface area contributed by atoms with Gasteiger partial charge in [0.25, 0.3) is 0 Å². The van der Waals surface area contributed by atoms with Crippen molar-refractivity contribution in [3.8, 4) is 12.1 Å². The summed E-state index contributed by atoms with van der Waals surface area (Å²) in [4.78, 5) is 16.3. The Balaban J connectivity index is 1.64. The Morgan fingerprint density at radius 1 is 1.19 bits per heavy atom. The van der Waals surface area contributed by atoms with Crippen molar-refractivity contribution in [2.75, 3.05) is 5.32 Å². The number of anilines is 1. The summed E-state index contributed by atoms with van der Waals surface area (Å²) in [5.74, 6) is 0. The van der Waals surface area contributed by atoms with Crippen LogP contribution >= 0.6 is 11.8 Å². The highest BCUT2D eigenvalue weighted by atomic mass is 32.2.